The Hall–Kier alpha value is -1.74. The van der Waals surface area contributed by atoms with Crippen molar-refractivity contribution in [2.45, 2.75) is 19.9 Å². The SMILES string of the molecule is CCNC(=O)NC(=O)[C@H](C)N1CCN(c2ncc(Br)cn2)CC1. The topological polar surface area (TPSA) is 90.5 Å². The summed E-state index contributed by atoms with van der Waals surface area (Å²) < 4.78 is 0.843. The molecule has 0 unspecified atom stereocenters. The number of carbonyl (C=O) groups is 2. The van der Waals surface area contributed by atoms with E-state index in [4.69, 9.17) is 0 Å². The summed E-state index contributed by atoms with van der Waals surface area (Å²) in [7, 11) is 0. The Kier molecular flexibility index (Phi) is 6.28. The number of aromatic nitrogens is 2. The smallest absolute Gasteiger partial charge is 0.321 e. The quantitative estimate of drug-likeness (QED) is 0.789. The van der Waals surface area contributed by atoms with Crippen LogP contribution in [0.1, 0.15) is 13.8 Å². The highest BCUT2D eigenvalue weighted by molar-refractivity contribution is 9.10. The molecule has 2 N–H and O–H groups in total. The highest BCUT2D eigenvalue weighted by Crippen LogP contribution is 2.14. The Morgan fingerprint density at radius 1 is 1.26 bits per heavy atom. The number of piperazine rings is 1. The summed E-state index contributed by atoms with van der Waals surface area (Å²) in [4.78, 5) is 36.2. The van der Waals surface area contributed by atoms with Gasteiger partial charge >= 0.3 is 6.03 Å². The third-order valence-corrected chi connectivity index (χ3v) is 4.11. The van der Waals surface area contributed by atoms with Crippen molar-refractivity contribution in [2.24, 2.45) is 0 Å². The molecule has 0 bridgehead atoms. The summed E-state index contributed by atoms with van der Waals surface area (Å²) in [6, 6.07) is -0.808. The highest BCUT2D eigenvalue weighted by Gasteiger charge is 2.27. The van der Waals surface area contributed by atoms with E-state index in [1.807, 2.05) is 4.90 Å². The van der Waals surface area contributed by atoms with Crippen molar-refractivity contribution in [1.29, 1.82) is 0 Å². The predicted octanol–water partition coefficient (Wildman–Crippen LogP) is 0.595. The molecule has 1 aliphatic heterocycles. The van der Waals surface area contributed by atoms with Gasteiger partial charge in [0, 0.05) is 45.1 Å². The Morgan fingerprint density at radius 3 is 2.43 bits per heavy atom. The summed E-state index contributed by atoms with van der Waals surface area (Å²) in [5.74, 6) is 0.400. The van der Waals surface area contributed by atoms with Gasteiger partial charge in [-0.2, -0.15) is 0 Å². The molecular formula is C14H21BrN6O2. The molecule has 126 valence electrons. The van der Waals surface area contributed by atoms with Crippen molar-refractivity contribution in [3.8, 4) is 0 Å². The molecule has 2 heterocycles. The number of amides is 3. The number of urea groups is 1. The lowest BCUT2D eigenvalue weighted by atomic mass is 10.2. The van der Waals surface area contributed by atoms with Gasteiger partial charge in [0.2, 0.25) is 11.9 Å². The average molecular weight is 385 g/mol. The minimum absolute atomic E-state index is 0.288. The molecule has 0 aromatic carbocycles. The first-order chi connectivity index (χ1) is 11.0. The molecule has 1 aliphatic rings. The number of rotatable bonds is 4. The largest absolute Gasteiger partial charge is 0.338 e. The number of hydrogen-bond donors (Lipinski definition) is 2. The summed E-state index contributed by atoms with van der Waals surface area (Å²) in [6.45, 7) is 6.99. The Morgan fingerprint density at radius 2 is 1.87 bits per heavy atom. The van der Waals surface area contributed by atoms with E-state index in [0.717, 1.165) is 17.6 Å². The number of anilines is 1. The van der Waals surface area contributed by atoms with Crippen LogP contribution in [0.25, 0.3) is 0 Å². The molecular weight excluding hydrogens is 364 g/mol. The molecule has 0 spiro atoms. The third-order valence-electron chi connectivity index (χ3n) is 3.71. The first-order valence-corrected chi connectivity index (χ1v) is 8.35. The average Bonchev–Trinajstić information content (AvgIpc) is 2.55. The first kappa shape index (κ1) is 17.6. The van der Waals surface area contributed by atoms with Gasteiger partial charge in [-0.05, 0) is 29.8 Å². The van der Waals surface area contributed by atoms with Crippen molar-refractivity contribution < 1.29 is 9.59 Å². The zero-order chi connectivity index (χ0) is 16.8. The van der Waals surface area contributed by atoms with Crippen molar-refractivity contribution >= 4 is 33.8 Å². The third kappa shape index (κ3) is 4.87. The minimum Gasteiger partial charge on any atom is -0.338 e. The van der Waals surface area contributed by atoms with Crippen LogP contribution in [0.5, 0.6) is 0 Å². The lowest BCUT2D eigenvalue weighted by Crippen LogP contribution is -2.55. The molecule has 3 amide bonds. The Bertz CT molecular complexity index is 545. The number of nitrogens with zero attached hydrogens (tertiary/aromatic N) is 4. The second-order valence-corrected chi connectivity index (χ2v) is 6.16. The van der Waals surface area contributed by atoms with E-state index >= 15 is 0 Å². The van der Waals surface area contributed by atoms with Gasteiger partial charge in [-0.1, -0.05) is 0 Å². The molecule has 2 rings (SSSR count). The van der Waals surface area contributed by atoms with Gasteiger partial charge in [-0.3, -0.25) is 15.0 Å². The monoisotopic (exact) mass is 384 g/mol. The molecule has 9 heteroatoms. The van der Waals surface area contributed by atoms with E-state index in [2.05, 4.69) is 41.4 Å². The van der Waals surface area contributed by atoms with Crippen molar-refractivity contribution in [1.82, 2.24) is 25.5 Å². The summed E-state index contributed by atoms with van der Waals surface area (Å²) in [5, 5.41) is 4.90. The van der Waals surface area contributed by atoms with Crippen LogP contribution in [0.3, 0.4) is 0 Å². The van der Waals surface area contributed by atoms with Gasteiger partial charge in [0.1, 0.15) is 0 Å². The molecule has 1 atom stereocenters. The number of hydrogen-bond acceptors (Lipinski definition) is 6. The van der Waals surface area contributed by atoms with Crippen LogP contribution in [0.2, 0.25) is 0 Å². The first-order valence-electron chi connectivity index (χ1n) is 7.56. The number of carbonyl (C=O) groups excluding carboxylic acids is 2. The molecule has 1 aromatic heterocycles. The molecule has 1 saturated heterocycles. The van der Waals surface area contributed by atoms with Gasteiger partial charge < -0.3 is 10.2 Å². The fourth-order valence-electron chi connectivity index (χ4n) is 2.36. The number of nitrogens with one attached hydrogen (secondary N) is 2. The second kappa shape index (κ2) is 8.21. The fourth-order valence-corrected chi connectivity index (χ4v) is 2.57. The van der Waals surface area contributed by atoms with E-state index in [1.165, 1.54) is 0 Å². The maximum absolute atomic E-state index is 12.1. The lowest BCUT2D eigenvalue weighted by Gasteiger charge is -2.37. The summed E-state index contributed by atoms with van der Waals surface area (Å²) in [5.41, 5.74) is 0. The maximum atomic E-state index is 12.1. The number of imide groups is 1. The second-order valence-electron chi connectivity index (χ2n) is 5.25. The van der Waals surface area contributed by atoms with Crippen LogP contribution >= 0.6 is 15.9 Å². The van der Waals surface area contributed by atoms with Crippen LogP contribution in [0.4, 0.5) is 10.7 Å². The molecule has 0 saturated carbocycles. The van der Waals surface area contributed by atoms with E-state index in [-0.39, 0.29) is 11.9 Å². The Balaban J connectivity index is 1.84. The summed E-state index contributed by atoms with van der Waals surface area (Å²) in [6.07, 6.45) is 3.44. The zero-order valence-corrected chi connectivity index (χ0v) is 14.8. The standard InChI is InChI=1S/C14H21BrN6O2/c1-3-16-14(23)19-12(22)10(2)20-4-6-21(7-5-20)13-17-8-11(15)9-18-13/h8-10H,3-7H2,1-2H3,(H2,16,19,22,23)/t10-/m0/s1. The van der Waals surface area contributed by atoms with Crippen LogP contribution in [-0.2, 0) is 4.79 Å². The lowest BCUT2D eigenvalue weighted by molar-refractivity contribution is -0.124. The normalized spacial score (nSPS) is 16.7. The zero-order valence-electron chi connectivity index (χ0n) is 13.3. The maximum Gasteiger partial charge on any atom is 0.321 e. The van der Waals surface area contributed by atoms with E-state index in [1.54, 1.807) is 26.2 Å². The van der Waals surface area contributed by atoms with Crippen molar-refractivity contribution in [2.75, 3.05) is 37.6 Å². The molecule has 23 heavy (non-hydrogen) atoms. The predicted molar refractivity (Wildman–Crippen MR) is 90.2 cm³/mol. The van der Waals surface area contributed by atoms with Crippen LogP contribution < -0.4 is 15.5 Å². The molecule has 1 fully saturated rings. The minimum atomic E-state index is -0.453. The highest BCUT2D eigenvalue weighted by atomic mass is 79.9. The van der Waals surface area contributed by atoms with Gasteiger partial charge in [-0.25, -0.2) is 14.8 Å². The van der Waals surface area contributed by atoms with Crippen LogP contribution in [0, 0.1) is 0 Å². The molecule has 0 radical (unpaired) electrons. The van der Waals surface area contributed by atoms with Gasteiger partial charge in [0.05, 0.1) is 10.5 Å². The van der Waals surface area contributed by atoms with E-state index in [9.17, 15) is 9.59 Å². The van der Waals surface area contributed by atoms with Crippen molar-refractivity contribution in [3.63, 3.8) is 0 Å². The molecule has 8 nitrogen and oxygen atoms in total. The van der Waals surface area contributed by atoms with Crippen LogP contribution in [0.15, 0.2) is 16.9 Å². The fraction of sp³-hybridized carbons (Fsp3) is 0.571. The van der Waals surface area contributed by atoms with Crippen LogP contribution in [-0.4, -0.2) is 65.6 Å². The van der Waals surface area contributed by atoms with Crippen molar-refractivity contribution in [3.05, 3.63) is 16.9 Å². The summed E-state index contributed by atoms with van der Waals surface area (Å²) >= 11 is 3.32. The van der Waals surface area contributed by atoms with Gasteiger partial charge in [-0.15, -0.1) is 0 Å². The number of halogens is 1. The van der Waals surface area contributed by atoms with E-state index in [0.29, 0.717) is 25.6 Å². The molecule has 1 aromatic rings. The van der Waals surface area contributed by atoms with E-state index < -0.39 is 6.03 Å². The molecule has 0 aliphatic carbocycles. The van der Waals surface area contributed by atoms with Gasteiger partial charge in [0.25, 0.3) is 0 Å². The van der Waals surface area contributed by atoms with Gasteiger partial charge in [0.15, 0.2) is 0 Å². The Labute approximate surface area is 143 Å².